The topological polar surface area (TPSA) is 32.3 Å². The largest absolute Gasteiger partial charge is 0.382 e. The molecule has 1 heterocycles. The minimum atomic E-state index is 0.150. The number of nitrogens with one attached hydrogen (secondary N) is 1. The molecule has 104 valence electrons. The molecular formula is C15H22N2OS. The SMILES string of the molecule is CC(C)Nc1ccccc1C(=O)N1CCSCC1C. The van der Waals surface area contributed by atoms with Crippen molar-refractivity contribution in [2.75, 3.05) is 23.4 Å². The molecule has 19 heavy (non-hydrogen) atoms. The van der Waals surface area contributed by atoms with E-state index in [2.05, 4.69) is 26.1 Å². The van der Waals surface area contributed by atoms with E-state index < -0.39 is 0 Å². The molecule has 1 aliphatic heterocycles. The fourth-order valence-corrected chi connectivity index (χ4v) is 3.30. The van der Waals surface area contributed by atoms with Crippen LogP contribution in [0.2, 0.25) is 0 Å². The summed E-state index contributed by atoms with van der Waals surface area (Å²) >= 11 is 1.92. The zero-order valence-corrected chi connectivity index (χ0v) is 12.7. The molecule has 4 heteroatoms. The number of nitrogens with zero attached hydrogens (tertiary/aromatic N) is 1. The lowest BCUT2D eigenvalue weighted by atomic mass is 10.1. The lowest BCUT2D eigenvalue weighted by molar-refractivity contribution is 0.0717. The minimum absolute atomic E-state index is 0.150. The number of anilines is 1. The van der Waals surface area contributed by atoms with Crippen LogP contribution >= 0.6 is 11.8 Å². The van der Waals surface area contributed by atoms with Gasteiger partial charge in [0.25, 0.3) is 5.91 Å². The number of carbonyl (C=O) groups excluding carboxylic acids is 1. The maximum absolute atomic E-state index is 12.7. The van der Waals surface area contributed by atoms with E-state index in [1.807, 2.05) is 40.9 Å². The highest BCUT2D eigenvalue weighted by Crippen LogP contribution is 2.23. The number of para-hydroxylation sites is 1. The number of thioether (sulfide) groups is 1. The zero-order chi connectivity index (χ0) is 13.8. The second-order valence-corrected chi connectivity index (χ2v) is 6.42. The quantitative estimate of drug-likeness (QED) is 0.922. The molecule has 0 aromatic heterocycles. The summed E-state index contributed by atoms with van der Waals surface area (Å²) in [6.07, 6.45) is 0. The van der Waals surface area contributed by atoms with Gasteiger partial charge in [0.05, 0.1) is 5.56 Å². The number of benzene rings is 1. The van der Waals surface area contributed by atoms with E-state index in [1.54, 1.807) is 0 Å². The molecule has 0 saturated carbocycles. The summed E-state index contributed by atoms with van der Waals surface area (Å²) in [4.78, 5) is 14.7. The van der Waals surface area contributed by atoms with Crippen molar-refractivity contribution < 1.29 is 4.79 Å². The molecular weight excluding hydrogens is 256 g/mol. The molecule has 1 fully saturated rings. The fraction of sp³-hybridized carbons (Fsp3) is 0.533. The van der Waals surface area contributed by atoms with Crippen LogP contribution in [0.3, 0.4) is 0 Å². The van der Waals surface area contributed by atoms with Gasteiger partial charge in [-0.15, -0.1) is 0 Å². The summed E-state index contributed by atoms with van der Waals surface area (Å²) in [5, 5.41) is 3.36. The van der Waals surface area contributed by atoms with Crippen molar-refractivity contribution in [1.29, 1.82) is 0 Å². The number of hydrogen-bond acceptors (Lipinski definition) is 3. The normalized spacial score (nSPS) is 19.6. The highest BCUT2D eigenvalue weighted by molar-refractivity contribution is 7.99. The van der Waals surface area contributed by atoms with E-state index in [-0.39, 0.29) is 5.91 Å². The Bertz CT molecular complexity index is 448. The standard InChI is InChI=1S/C15H22N2OS/c1-11(2)16-14-7-5-4-6-13(14)15(18)17-8-9-19-10-12(17)3/h4-7,11-12,16H,8-10H2,1-3H3. The van der Waals surface area contributed by atoms with Crippen molar-refractivity contribution in [1.82, 2.24) is 4.90 Å². The van der Waals surface area contributed by atoms with Gasteiger partial charge in [0.15, 0.2) is 0 Å². The number of amides is 1. The Morgan fingerprint density at radius 2 is 2.16 bits per heavy atom. The summed E-state index contributed by atoms with van der Waals surface area (Å²) in [5.41, 5.74) is 1.72. The summed E-state index contributed by atoms with van der Waals surface area (Å²) < 4.78 is 0. The van der Waals surface area contributed by atoms with Crippen molar-refractivity contribution in [2.45, 2.75) is 32.9 Å². The summed E-state index contributed by atoms with van der Waals surface area (Å²) in [5.74, 6) is 2.22. The van der Waals surface area contributed by atoms with Crippen LogP contribution in [-0.4, -0.2) is 40.9 Å². The smallest absolute Gasteiger partial charge is 0.256 e. The summed E-state index contributed by atoms with van der Waals surface area (Å²) in [7, 11) is 0. The molecule has 0 radical (unpaired) electrons. The molecule has 1 atom stereocenters. The van der Waals surface area contributed by atoms with Gasteiger partial charge in [0.2, 0.25) is 0 Å². The van der Waals surface area contributed by atoms with E-state index in [4.69, 9.17) is 0 Å². The van der Waals surface area contributed by atoms with Crippen LogP contribution in [-0.2, 0) is 0 Å². The van der Waals surface area contributed by atoms with Crippen molar-refractivity contribution in [3.63, 3.8) is 0 Å². The lowest BCUT2D eigenvalue weighted by Crippen LogP contribution is -2.44. The maximum Gasteiger partial charge on any atom is 0.256 e. The Hall–Kier alpha value is -1.16. The van der Waals surface area contributed by atoms with Gasteiger partial charge in [-0.2, -0.15) is 11.8 Å². The highest BCUT2D eigenvalue weighted by atomic mass is 32.2. The third-order valence-corrected chi connectivity index (χ3v) is 4.42. The molecule has 1 aromatic rings. The molecule has 1 N–H and O–H groups in total. The number of hydrogen-bond donors (Lipinski definition) is 1. The Balaban J connectivity index is 2.22. The van der Waals surface area contributed by atoms with Crippen LogP contribution in [0.4, 0.5) is 5.69 Å². The molecule has 2 rings (SSSR count). The van der Waals surface area contributed by atoms with Crippen molar-refractivity contribution >= 4 is 23.4 Å². The Morgan fingerprint density at radius 3 is 2.84 bits per heavy atom. The van der Waals surface area contributed by atoms with E-state index in [0.717, 1.165) is 29.3 Å². The van der Waals surface area contributed by atoms with E-state index in [1.165, 1.54) is 0 Å². The second-order valence-electron chi connectivity index (χ2n) is 5.27. The third kappa shape index (κ3) is 3.44. The van der Waals surface area contributed by atoms with E-state index in [9.17, 15) is 4.79 Å². The average molecular weight is 278 g/mol. The van der Waals surface area contributed by atoms with Gasteiger partial charge < -0.3 is 10.2 Å². The molecule has 0 spiro atoms. The first-order chi connectivity index (χ1) is 9.09. The Labute approximate surface area is 119 Å². The van der Waals surface area contributed by atoms with Gasteiger partial charge in [-0.3, -0.25) is 4.79 Å². The van der Waals surface area contributed by atoms with Gasteiger partial charge >= 0.3 is 0 Å². The van der Waals surface area contributed by atoms with Crippen LogP contribution in [0.1, 0.15) is 31.1 Å². The monoisotopic (exact) mass is 278 g/mol. The Morgan fingerprint density at radius 1 is 1.42 bits per heavy atom. The van der Waals surface area contributed by atoms with E-state index in [0.29, 0.717) is 12.1 Å². The molecule has 1 aliphatic rings. The molecule has 1 saturated heterocycles. The molecule has 1 amide bonds. The van der Waals surface area contributed by atoms with E-state index >= 15 is 0 Å². The van der Waals surface area contributed by atoms with Gasteiger partial charge in [-0.25, -0.2) is 0 Å². The van der Waals surface area contributed by atoms with Crippen LogP contribution in [0.15, 0.2) is 24.3 Å². The van der Waals surface area contributed by atoms with Crippen LogP contribution in [0, 0.1) is 0 Å². The molecule has 0 bridgehead atoms. The third-order valence-electron chi connectivity index (χ3n) is 3.23. The van der Waals surface area contributed by atoms with Gasteiger partial charge in [-0.1, -0.05) is 12.1 Å². The predicted octanol–water partition coefficient (Wildman–Crippen LogP) is 3.08. The molecule has 1 aromatic carbocycles. The first-order valence-electron chi connectivity index (χ1n) is 6.84. The molecule has 0 aliphatic carbocycles. The zero-order valence-electron chi connectivity index (χ0n) is 11.8. The maximum atomic E-state index is 12.7. The molecule has 3 nitrogen and oxygen atoms in total. The van der Waals surface area contributed by atoms with Crippen molar-refractivity contribution in [2.24, 2.45) is 0 Å². The number of rotatable bonds is 3. The average Bonchev–Trinajstić information content (AvgIpc) is 2.38. The summed E-state index contributed by atoms with van der Waals surface area (Å²) in [6, 6.07) is 8.44. The van der Waals surface area contributed by atoms with Gasteiger partial charge in [0, 0.05) is 35.8 Å². The summed E-state index contributed by atoms with van der Waals surface area (Å²) in [6.45, 7) is 7.14. The first-order valence-corrected chi connectivity index (χ1v) is 7.99. The van der Waals surface area contributed by atoms with Gasteiger partial charge in [0.1, 0.15) is 0 Å². The minimum Gasteiger partial charge on any atom is -0.382 e. The second kappa shape index (κ2) is 6.33. The highest BCUT2D eigenvalue weighted by Gasteiger charge is 2.25. The van der Waals surface area contributed by atoms with Crippen molar-refractivity contribution in [3.8, 4) is 0 Å². The van der Waals surface area contributed by atoms with Gasteiger partial charge in [-0.05, 0) is 32.9 Å². The lowest BCUT2D eigenvalue weighted by Gasteiger charge is -2.33. The van der Waals surface area contributed by atoms with Crippen LogP contribution in [0.5, 0.6) is 0 Å². The Kier molecular flexibility index (Phi) is 4.75. The fourth-order valence-electron chi connectivity index (χ4n) is 2.29. The van der Waals surface area contributed by atoms with Crippen molar-refractivity contribution in [3.05, 3.63) is 29.8 Å². The van der Waals surface area contributed by atoms with Crippen LogP contribution < -0.4 is 5.32 Å². The number of carbonyl (C=O) groups is 1. The molecule has 1 unspecified atom stereocenters. The predicted molar refractivity (Wildman–Crippen MR) is 83.0 cm³/mol. The van der Waals surface area contributed by atoms with Crippen LogP contribution in [0.25, 0.3) is 0 Å². The first kappa shape index (κ1) is 14.3.